The molecule has 0 saturated carbocycles. The second-order valence-electron chi connectivity index (χ2n) is 8.90. The Kier molecular flexibility index (Phi) is 8.34. The van der Waals surface area contributed by atoms with Crippen LogP contribution in [-0.4, -0.2) is 61.7 Å². The molecule has 8 heteroatoms. The number of anilines is 1. The lowest BCUT2D eigenvalue weighted by Crippen LogP contribution is -2.07. The molecule has 0 fully saturated rings. The molecule has 1 aromatic heterocycles. The van der Waals surface area contributed by atoms with Gasteiger partial charge in [0.2, 0.25) is 11.5 Å². The molecular formula is C31H34N2O6. The van der Waals surface area contributed by atoms with E-state index < -0.39 is 0 Å². The van der Waals surface area contributed by atoms with E-state index in [1.165, 1.54) is 0 Å². The van der Waals surface area contributed by atoms with Crippen molar-refractivity contribution in [3.05, 3.63) is 60.7 Å². The van der Waals surface area contributed by atoms with Crippen LogP contribution >= 0.6 is 0 Å². The van der Waals surface area contributed by atoms with E-state index in [1.807, 2.05) is 50.5 Å². The van der Waals surface area contributed by atoms with Crippen LogP contribution in [0.25, 0.3) is 33.6 Å². The minimum absolute atomic E-state index is 0.518. The standard InChI is InChI=1S/C31H34N2O6/c1-33(2)23-11-9-19(10-12-23)20-13-24(21-15-26(34-3)30(38-7)27(16-21)35-4)32-25(14-20)22-17-28(36-5)31(39-8)29(18-22)37-6/h9-18H,1-8H3. The van der Waals surface area contributed by atoms with Crippen LogP contribution in [0, 0.1) is 0 Å². The maximum Gasteiger partial charge on any atom is 0.203 e. The van der Waals surface area contributed by atoms with Crippen LogP contribution in [0.4, 0.5) is 5.69 Å². The van der Waals surface area contributed by atoms with E-state index in [9.17, 15) is 0 Å². The van der Waals surface area contributed by atoms with Crippen molar-refractivity contribution in [3.63, 3.8) is 0 Å². The molecule has 204 valence electrons. The van der Waals surface area contributed by atoms with E-state index in [0.29, 0.717) is 34.5 Å². The number of ether oxygens (including phenoxy) is 6. The minimum Gasteiger partial charge on any atom is -0.493 e. The van der Waals surface area contributed by atoms with Gasteiger partial charge in [0.15, 0.2) is 23.0 Å². The SMILES string of the molecule is COc1cc(-c2cc(-c3ccc(N(C)C)cc3)cc(-c3cc(OC)c(OC)c(OC)c3)n2)cc(OC)c1OC. The Labute approximate surface area is 229 Å². The molecule has 4 aromatic rings. The first-order valence-corrected chi connectivity index (χ1v) is 12.3. The van der Waals surface area contributed by atoms with E-state index in [0.717, 1.165) is 39.3 Å². The maximum atomic E-state index is 5.61. The molecule has 0 unspecified atom stereocenters. The van der Waals surface area contributed by atoms with Gasteiger partial charge in [-0.3, -0.25) is 0 Å². The Morgan fingerprint density at radius 1 is 0.462 bits per heavy atom. The average molecular weight is 531 g/mol. The lowest BCUT2D eigenvalue weighted by Gasteiger charge is -2.17. The lowest BCUT2D eigenvalue weighted by atomic mass is 9.99. The fourth-order valence-electron chi connectivity index (χ4n) is 4.40. The molecule has 1 heterocycles. The number of pyridine rings is 1. The summed E-state index contributed by atoms with van der Waals surface area (Å²) in [5.41, 5.74) is 6.23. The van der Waals surface area contributed by atoms with Crippen molar-refractivity contribution in [3.8, 4) is 68.1 Å². The number of hydrogen-bond donors (Lipinski definition) is 0. The van der Waals surface area contributed by atoms with Gasteiger partial charge in [0.05, 0.1) is 54.0 Å². The molecule has 0 aliphatic rings. The van der Waals surface area contributed by atoms with Crippen molar-refractivity contribution < 1.29 is 28.4 Å². The van der Waals surface area contributed by atoms with Crippen molar-refractivity contribution in [2.75, 3.05) is 61.7 Å². The van der Waals surface area contributed by atoms with Gasteiger partial charge < -0.3 is 33.3 Å². The van der Waals surface area contributed by atoms with E-state index in [-0.39, 0.29) is 0 Å². The fraction of sp³-hybridized carbons (Fsp3) is 0.258. The zero-order valence-corrected chi connectivity index (χ0v) is 23.6. The molecule has 0 atom stereocenters. The molecule has 4 rings (SSSR count). The van der Waals surface area contributed by atoms with Crippen LogP contribution in [0.3, 0.4) is 0 Å². The molecule has 39 heavy (non-hydrogen) atoms. The highest BCUT2D eigenvalue weighted by Gasteiger charge is 2.19. The molecule has 0 radical (unpaired) electrons. The van der Waals surface area contributed by atoms with Gasteiger partial charge >= 0.3 is 0 Å². The number of rotatable bonds is 10. The average Bonchev–Trinajstić information content (AvgIpc) is 2.99. The monoisotopic (exact) mass is 530 g/mol. The zero-order chi connectivity index (χ0) is 28.1. The Hall–Kier alpha value is -4.59. The number of aromatic nitrogens is 1. The molecule has 0 spiro atoms. The molecule has 8 nitrogen and oxygen atoms in total. The predicted molar refractivity (Wildman–Crippen MR) is 154 cm³/mol. The fourth-order valence-corrected chi connectivity index (χ4v) is 4.40. The minimum atomic E-state index is 0.518. The number of nitrogens with zero attached hydrogens (tertiary/aromatic N) is 2. The summed E-state index contributed by atoms with van der Waals surface area (Å²) < 4.78 is 33.5. The predicted octanol–water partition coefficient (Wildman–Crippen LogP) is 6.20. The van der Waals surface area contributed by atoms with Crippen molar-refractivity contribution >= 4 is 5.69 Å². The van der Waals surface area contributed by atoms with Crippen molar-refractivity contribution in [2.45, 2.75) is 0 Å². The van der Waals surface area contributed by atoms with Crippen LogP contribution < -0.4 is 33.3 Å². The second-order valence-corrected chi connectivity index (χ2v) is 8.90. The lowest BCUT2D eigenvalue weighted by molar-refractivity contribution is 0.324. The quantitative estimate of drug-likeness (QED) is 0.240. The summed E-state index contributed by atoms with van der Waals surface area (Å²) in [4.78, 5) is 7.11. The summed E-state index contributed by atoms with van der Waals surface area (Å²) >= 11 is 0. The Morgan fingerprint density at radius 3 is 1.15 bits per heavy atom. The third-order valence-electron chi connectivity index (χ3n) is 6.46. The summed E-state index contributed by atoms with van der Waals surface area (Å²) in [7, 11) is 13.6. The highest BCUT2D eigenvalue weighted by atomic mass is 16.5. The van der Waals surface area contributed by atoms with Gasteiger partial charge in [-0.15, -0.1) is 0 Å². The summed E-state index contributed by atoms with van der Waals surface area (Å²) in [6, 6.07) is 20.0. The van der Waals surface area contributed by atoms with E-state index in [1.54, 1.807) is 42.7 Å². The van der Waals surface area contributed by atoms with Gasteiger partial charge in [-0.05, 0) is 59.7 Å². The highest BCUT2D eigenvalue weighted by Crippen LogP contribution is 2.44. The van der Waals surface area contributed by atoms with Gasteiger partial charge in [-0.25, -0.2) is 4.98 Å². The van der Waals surface area contributed by atoms with Crippen molar-refractivity contribution in [2.24, 2.45) is 0 Å². The van der Waals surface area contributed by atoms with Gasteiger partial charge in [0, 0.05) is 30.9 Å². The summed E-state index contributed by atoms with van der Waals surface area (Å²) in [5, 5.41) is 0. The van der Waals surface area contributed by atoms with Crippen molar-refractivity contribution in [1.29, 1.82) is 0 Å². The van der Waals surface area contributed by atoms with Gasteiger partial charge in [0.1, 0.15) is 0 Å². The summed E-state index contributed by atoms with van der Waals surface area (Å²) in [5.74, 6) is 3.22. The van der Waals surface area contributed by atoms with Gasteiger partial charge in [0.25, 0.3) is 0 Å². The molecule has 0 saturated heterocycles. The van der Waals surface area contributed by atoms with Crippen molar-refractivity contribution in [1.82, 2.24) is 4.98 Å². The molecule has 0 N–H and O–H groups in total. The molecule has 0 bridgehead atoms. The number of methoxy groups -OCH3 is 6. The third kappa shape index (κ3) is 5.50. The first-order valence-electron chi connectivity index (χ1n) is 12.3. The Bertz CT molecular complexity index is 1320. The van der Waals surface area contributed by atoms with Crippen LogP contribution in [0.1, 0.15) is 0 Å². The molecule has 0 amide bonds. The Balaban J connectivity index is 1.98. The van der Waals surface area contributed by atoms with Crippen LogP contribution in [0.2, 0.25) is 0 Å². The molecule has 0 aliphatic carbocycles. The molecule has 3 aromatic carbocycles. The Morgan fingerprint density at radius 2 is 0.846 bits per heavy atom. The highest BCUT2D eigenvalue weighted by molar-refractivity contribution is 5.80. The van der Waals surface area contributed by atoms with E-state index >= 15 is 0 Å². The largest absolute Gasteiger partial charge is 0.493 e. The number of benzene rings is 3. The molecular weight excluding hydrogens is 496 g/mol. The smallest absolute Gasteiger partial charge is 0.203 e. The van der Waals surface area contributed by atoms with E-state index in [4.69, 9.17) is 33.4 Å². The first-order chi connectivity index (χ1) is 18.9. The van der Waals surface area contributed by atoms with Crippen LogP contribution in [0.5, 0.6) is 34.5 Å². The normalized spacial score (nSPS) is 10.6. The first kappa shape index (κ1) is 27.4. The van der Waals surface area contributed by atoms with Gasteiger partial charge in [-0.2, -0.15) is 0 Å². The topological polar surface area (TPSA) is 71.5 Å². The second kappa shape index (κ2) is 11.9. The van der Waals surface area contributed by atoms with Crippen LogP contribution in [-0.2, 0) is 0 Å². The van der Waals surface area contributed by atoms with E-state index in [2.05, 4.69) is 29.2 Å². The maximum absolute atomic E-state index is 5.61. The zero-order valence-electron chi connectivity index (χ0n) is 23.6. The summed E-state index contributed by atoms with van der Waals surface area (Å²) in [6.07, 6.45) is 0. The number of hydrogen-bond acceptors (Lipinski definition) is 8. The van der Waals surface area contributed by atoms with Gasteiger partial charge in [-0.1, -0.05) is 12.1 Å². The third-order valence-corrected chi connectivity index (χ3v) is 6.46. The summed E-state index contributed by atoms with van der Waals surface area (Å²) in [6.45, 7) is 0. The molecule has 0 aliphatic heterocycles. The van der Waals surface area contributed by atoms with Crippen LogP contribution in [0.15, 0.2) is 60.7 Å².